The smallest absolute Gasteiger partial charge is 0.391 e. The first-order valence-corrected chi connectivity index (χ1v) is 6.42. The SMILES string of the molecule is O=C(C1=CCCCO1)C1CCC(C(F)(F)F)CC1. The van der Waals surface area contributed by atoms with Crippen molar-refractivity contribution in [2.75, 3.05) is 6.61 Å². The quantitative estimate of drug-likeness (QED) is 0.759. The predicted molar refractivity (Wildman–Crippen MR) is 59.8 cm³/mol. The first kappa shape index (κ1) is 13.4. The Kier molecular flexibility index (Phi) is 3.97. The van der Waals surface area contributed by atoms with Gasteiger partial charge in [-0.2, -0.15) is 13.2 Å². The van der Waals surface area contributed by atoms with Gasteiger partial charge in [-0.3, -0.25) is 4.79 Å². The average Bonchev–Trinajstić information content (AvgIpc) is 2.38. The average molecular weight is 262 g/mol. The van der Waals surface area contributed by atoms with Crippen molar-refractivity contribution >= 4 is 5.78 Å². The van der Waals surface area contributed by atoms with Gasteiger partial charge in [0.1, 0.15) is 0 Å². The van der Waals surface area contributed by atoms with Crippen LogP contribution in [0.3, 0.4) is 0 Å². The Morgan fingerprint density at radius 3 is 2.39 bits per heavy atom. The van der Waals surface area contributed by atoms with Crippen LogP contribution in [-0.2, 0) is 9.53 Å². The van der Waals surface area contributed by atoms with E-state index < -0.39 is 12.1 Å². The molecule has 18 heavy (non-hydrogen) atoms. The molecule has 2 aliphatic rings. The molecule has 0 atom stereocenters. The Hall–Kier alpha value is -1.00. The van der Waals surface area contributed by atoms with Gasteiger partial charge in [-0.15, -0.1) is 0 Å². The molecule has 1 heterocycles. The lowest BCUT2D eigenvalue weighted by Crippen LogP contribution is -2.31. The van der Waals surface area contributed by atoms with Crippen LogP contribution < -0.4 is 0 Å². The number of ether oxygens (including phenoxy) is 1. The molecule has 102 valence electrons. The second-order valence-corrected chi connectivity index (χ2v) is 5.01. The fraction of sp³-hybridized carbons (Fsp3) is 0.769. The van der Waals surface area contributed by atoms with E-state index in [1.54, 1.807) is 6.08 Å². The third-order valence-electron chi connectivity index (χ3n) is 3.74. The fourth-order valence-corrected chi connectivity index (χ4v) is 2.61. The number of hydrogen-bond acceptors (Lipinski definition) is 2. The molecule has 0 saturated heterocycles. The number of carbonyl (C=O) groups is 1. The van der Waals surface area contributed by atoms with Gasteiger partial charge < -0.3 is 4.74 Å². The van der Waals surface area contributed by atoms with Gasteiger partial charge in [-0.25, -0.2) is 0 Å². The Bertz CT molecular complexity index is 339. The van der Waals surface area contributed by atoms with Crippen molar-refractivity contribution in [3.05, 3.63) is 11.8 Å². The largest absolute Gasteiger partial charge is 0.490 e. The lowest BCUT2D eigenvalue weighted by molar-refractivity contribution is -0.184. The highest BCUT2D eigenvalue weighted by atomic mass is 19.4. The van der Waals surface area contributed by atoms with E-state index in [0.29, 0.717) is 25.2 Å². The van der Waals surface area contributed by atoms with Crippen LogP contribution in [-0.4, -0.2) is 18.6 Å². The summed E-state index contributed by atoms with van der Waals surface area (Å²) in [5, 5.41) is 0. The maximum atomic E-state index is 12.5. The molecule has 0 unspecified atom stereocenters. The molecule has 1 fully saturated rings. The third kappa shape index (κ3) is 3.06. The van der Waals surface area contributed by atoms with Crippen molar-refractivity contribution in [3.63, 3.8) is 0 Å². The summed E-state index contributed by atoms with van der Waals surface area (Å²) in [6.45, 7) is 0.537. The number of rotatable bonds is 2. The van der Waals surface area contributed by atoms with Crippen LogP contribution in [0.25, 0.3) is 0 Å². The molecule has 0 bridgehead atoms. The Labute approximate surface area is 104 Å². The molecule has 1 aliphatic heterocycles. The molecule has 0 radical (unpaired) electrons. The van der Waals surface area contributed by atoms with Gasteiger partial charge in [0.15, 0.2) is 11.5 Å². The normalized spacial score (nSPS) is 29.4. The van der Waals surface area contributed by atoms with E-state index in [9.17, 15) is 18.0 Å². The number of alkyl halides is 3. The maximum Gasteiger partial charge on any atom is 0.391 e. The molecule has 1 aliphatic carbocycles. The van der Waals surface area contributed by atoms with Crippen molar-refractivity contribution in [1.29, 1.82) is 0 Å². The van der Waals surface area contributed by atoms with Gasteiger partial charge in [0.05, 0.1) is 12.5 Å². The van der Waals surface area contributed by atoms with Crippen LogP contribution in [0.2, 0.25) is 0 Å². The predicted octanol–water partition coefficient (Wildman–Crippen LogP) is 3.62. The minimum Gasteiger partial charge on any atom is -0.490 e. The lowest BCUT2D eigenvalue weighted by Gasteiger charge is -2.29. The second-order valence-electron chi connectivity index (χ2n) is 5.01. The van der Waals surface area contributed by atoms with E-state index in [2.05, 4.69) is 0 Å². The number of allylic oxidation sites excluding steroid dienone is 2. The molecule has 5 heteroatoms. The van der Waals surface area contributed by atoms with E-state index in [1.165, 1.54) is 0 Å². The summed E-state index contributed by atoms with van der Waals surface area (Å²) in [5.74, 6) is -1.25. The third-order valence-corrected chi connectivity index (χ3v) is 3.74. The molecule has 1 saturated carbocycles. The summed E-state index contributed by atoms with van der Waals surface area (Å²) in [4.78, 5) is 12.0. The molecule has 0 amide bonds. The Morgan fingerprint density at radius 2 is 1.89 bits per heavy atom. The van der Waals surface area contributed by atoms with Crippen LogP contribution in [0, 0.1) is 11.8 Å². The first-order valence-electron chi connectivity index (χ1n) is 6.42. The van der Waals surface area contributed by atoms with Crippen molar-refractivity contribution in [3.8, 4) is 0 Å². The van der Waals surface area contributed by atoms with Crippen LogP contribution in [0.5, 0.6) is 0 Å². The van der Waals surface area contributed by atoms with E-state index in [1.807, 2.05) is 0 Å². The van der Waals surface area contributed by atoms with Gasteiger partial charge in [-0.1, -0.05) is 0 Å². The van der Waals surface area contributed by atoms with Crippen LogP contribution >= 0.6 is 0 Å². The monoisotopic (exact) mass is 262 g/mol. The van der Waals surface area contributed by atoms with Crippen molar-refractivity contribution in [2.24, 2.45) is 11.8 Å². The van der Waals surface area contributed by atoms with Gasteiger partial charge in [-0.05, 0) is 44.6 Å². The summed E-state index contributed by atoms with van der Waals surface area (Å²) in [7, 11) is 0. The first-order chi connectivity index (χ1) is 8.48. The molecule has 0 aromatic carbocycles. The molecular weight excluding hydrogens is 245 g/mol. The highest BCUT2D eigenvalue weighted by Gasteiger charge is 2.42. The van der Waals surface area contributed by atoms with Crippen molar-refractivity contribution in [2.45, 2.75) is 44.7 Å². The van der Waals surface area contributed by atoms with E-state index in [0.717, 1.165) is 12.8 Å². The number of ketones is 1. The van der Waals surface area contributed by atoms with Crippen LogP contribution in [0.4, 0.5) is 13.2 Å². The summed E-state index contributed by atoms with van der Waals surface area (Å²) < 4.78 is 42.8. The molecule has 0 aromatic rings. The zero-order valence-corrected chi connectivity index (χ0v) is 10.1. The minimum absolute atomic E-state index is 0.0627. The Balaban J connectivity index is 1.89. The van der Waals surface area contributed by atoms with Gasteiger partial charge in [0, 0.05) is 5.92 Å². The molecule has 2 rings (SSSR count). The van der Waals surface area contributed by atoms with Crippen LogP contribution in [0.1, 0.15) is 38.5 Å². The maximum absolute atomic E-state index is 12.5. The standard InChI is InChI=1S/C13H17F3O2/c14-13(15,16)10-6-4-9(5-7-10)12(17)11-3-1-2-8-18-11/h3,9-10H,1-2,4-8H2. The topological polar surface area (TPSA) is 26.3 Å². The second kappa shape index (κ2) is 5.33. The highest BCUT2D eigenvalue weighted by molar-refractivity contribution is 5.95. The fourth-order valence-electron chi connectivity index (χ4n) is 2.61. The summed E-state index contributed by atoms with van der Waals surface area (Å²) in [6, 6.07) is 0. The summed E-state index contributed by atoms with van der Waals surface area (Å²) >= 11 is 0. The van der Waals surface area contributed by atoms with Crippen LogP contribution in [0.15, 0.2) is 11.8 Å². The minimum atomic E-state index is -4.12. The van der Waals surface area contributed by atoms with Gasteiger partial charge in [0.25, 0.3) is 0 Å². The number of hydrogen-bond donors (Lipinski definition) is 0. The van der Waals surface area contributed by atoms with Crippen molar-refractivity contribution in [1.82, 2.24) is 0 Å². The van der Waals surface area contributed by atoms with E-state index in [4.69, 9.17) is 4.74 Å². The zero-order valence-electron chi connectivity index (χ0n) is 10.1. The lowest BCUT2D eigenvalue weighted by atomic mass is 9.79. The van der Waals surface area contributed by atoms with Gasteiger partial charge >= 0.3 is 6.18 Å². The molecule has 0 aromatic heterocycles. The summed E-state index contributed by atoms with van der Waals surface area (Å²) in [6.07, 6.45) is 0.140. The summed E-state index contributed by atoms with van der Waals surface area (Å²) in [5.41, 5.74) is 0. The molecular formula is C13H17F3O2. The molecule has 0 spiro atoms. The molecule has 2 nitrogen and oxygen atoms in total. The van der Waals surface area contributed by atoms with Gasteiger partial charge in [0.2, 0.25) is 0 Å². The Morgan fingerprint density at radius 1 is 1.22 bits per heavy atom. The van der Waals surface area contributed by atoms with E-state index in [-0.39, 0.29) is 24.5 Å². The number of Topliss-reactive ketones (excluding diaryl/α,β-unsaturated/α-hetero) is 1. The molecule has 0 N–H and O–H groups in total. The highest BCUT2D eigenvalue weighted by Crippen LogP contribution is 2.40. The zero-order chi connectivity index (χ0) is 13.2. The number of halogens is 3. The number of carbonyl (C=O) groups excluding carboxylic acids is 1. The van der Waals surface area contributed by atoms with Crippen molar-refractivity contribution < 1.29 is 22.7 Å². The van der Waals surface area contributed by atoms with E-state index >= 15 is 0 Å².